The summed E-state index contributed by atoms with van der Waals surface area (Å²) in [6.45, 7) is 7.93. The van der Waals surface area contributed by atoms with Gasteiger partial charge in [-0.3, -0.25) is 0 Å². The van der Waals surface area contributed by atoms with Gasteiger partial charge in [0.05, 0.1) is 11.0 Å². The summed E-state index contributed by atoms with van der Waals surface area (Å²) in [5, 5.41) is 0. The minimum atomic E-state index is -0.778. The average Bonchev–Trinajstić information content (AvgIpc) is 2.09. The zero-order valence-corrected chi connectivity index (χ0v) is 9.28. The quantitative estimate of drug-likeness (QED) is 0.577. The molecule has 72 valence electrons. The highest BCUT2D eigenvalue weighted by atomic mass is 32.2. The molecule has 1 rings (SSSR count). The minimum absolute atomic E-state index is 0.778. The molecule has 2 nitrogen and oxygen atoms in total. The van der Waals surface area contributed by atoms with E-state index in [1.807, 2.05) is 18.2 Å². The van der Waals surface area contributed by atoms with Gasteiger partial charge in [-0.25, -0.2) is 8.51 Å². The van der Waals surface area contributed by atoms with Gasteiger partial charge >= 0.3 is 0 Å². The molecule has 3 heteroatoms. The molecule has 12 heavy (non-hydrogen) atoms. The monoisotopic (exact) mass is 189 g/mol. The lowest BCUT2D eigenvalue weighted by Crippen LogP contribution is -2.29. The first-order chi connectivity index (χ1) is 5.70. The number of nitrogens with zero attached hydrogens (tertiary/aromatic N) is 1. The van der Waals surface area contributed by atoms with E-state index in [0.29, 0.717) is 0 Å². The molecule has 0 N–H and O–H groups in total. The van der Waals surface area contributed by atoms with Crippen molar-refractivity contribution >= 4 is 11.0 Å². The second-order valence-electron chi connectivity index (χ2n) is 2.61. The number of hydrogen-bond acceptors (Lipinski definition) is 1. The summed E-state index contributed by atoms with van der Waals surface area (Å²) in [6.07, 6.45) is 4.94. The Kier molecular flexibility index (Phi) is 6.30. The van der Waals surface area contributed by atoms with Crippen molar-refractivity contribution in [3.63, 3.8) is 0 Å². The molecular weight excluding hydrogens is 170 g/mol. The van der Waals surface area contributed by atoms with Gasteiger partial charge in [0.2, 0.25) is 0 Å². The standard InChI is InChI=1S/C7H13NOS.C2H6/c1-7-3-5-8(6-4-7)10(2)9;1-2/h3H,4-6H2,1-2H3;1-2H3. The first-order valence-electron chi connectivity index (χ1n) is 4.44. The molecule has 0 aromatic carbocycles. The van der Waals surface area contributed by atoms with E-state index in [4.69, 9.17) is 0 Å². The molecule has 0 saturated carbocycles. The van der Waals surface area contributed by atoms with E-state index < -0.39 is 11.0 Å². The third-order valence-electron chi connectivity index (χ3n) is 1.76. The lowest BCUT2D eigenvalue weighted by molar-refractivity contribution is 0.472. The molecule has 0 fully saturated rings. The first kappa shape index (κ1) is 11.8. The van der Waals surface area contributed by atoms with Gasteiger partial charge in [-0.1, -0.05) is 25.5 Å². The molecule has 0 bridgehead atoms. The normalized spacial score (nSPS) is 20.5. The Morgan fingerprint density at radius 1 is 1.50 bits per heavy atom. The molecule has 1 atom stereocenters. The van der Waals surface area contributed by atoms with E-state index in [9.17, 15) is 4.21 Å². The number of rotatable bonds is 1. The van der Waals surface area contributed by atoms with Crippen LogP contribution in [0.2, 0.25) is 0 Å². The van der Waals surface area contributed by atoms with Crippen LogP contribution in [0.1, 0.15) is 27.2 Å². The van der Waals surface area contributed by atoms with Crippen LogP contribution in [0, 0.1) is 0 Å². The summed E-state index contributed by atoms with van der Waals surface area (Å²) >= 11 is 0. The van der Waals surface area contributed by atoms with Gasteiger partial charge in [0.1, 0.15) is 0 Å². The topological polar surface area (TPSA) is 20.3 Å². The lowest BCUT2D eigenvalue weighted by atomic mass is 10.1. The molecule has 0 radical (unpaired) electrons. The van der Waals surface area contributed by atoms with Crippen LogP contribution >= 0.6 is 0 Å². The molecule has 1 heterocycles. The van der Waals surface area contributed by atoms with E-state index in [0.717, 1.165) is 19.5 Å². The summed E-state index contributed by atoms with van der Waals surface area (Å²) in [5.41, 5.74) is 1.42. The molecule has 0 saturated heterocycles. The smallest absolute Gasteiger partial charge is 0.0913 e. The van der Waals surface area contributed by atoms with Gasteiger partial charge in [0, 0.05) is 19.3 Å². The van der Waals surface area contributed by atoms with Crippen LogP contribution in [0.25, 0.3) is 0 Å². The Labute approximate surface area is 78.2 Å². The summed E-state index contributed by atoms with van der Waals surface area (Å²) in [5.74, 6) is 0. The lowest BCUT2D eigenvalue weighted by Gasteiger charge is -2.21. The Bertz CT molecular complexity index is 177. The van der Waals surface area contributed by atoms with E-state index in [2.05, 4.69) is 13.0 Å². The maximum atomic E-state index is 10.9. The molecule has 1 aliphatic rings. The van der Waals surface area contributed by atoms with Crippen LogP contribution in [0.3, 0.4) is 0 Å². The van der Waals surface area contributed by atoms with Crippen molar-refractivity contribution in [2.24, 2.45) is 0 Å². The van der Waals surface area contributed by atoms with Gasteiger partial charge in [0.15, 0.2) is 0 Å². The SMILES string of the molecule is CC.CC1=CCN(S(C)=O)CC1. The zero-order chi connectivity index (χ0) is 9.56. The van der Waals surface area contributed by atoms with E-state index in [-0.39, 0.29) is 0 Å². The average molecular weight is 189 g/mol. The maximum Gasteiger partial charge on any atom is 0.0913 e. The summed E-state index contributed by atoms with van der Waals surface area (Å²) in [7, 11) is -0.778. The van der Waals surface area contributed by atoms with Gasteiger partial charge in [-0.2, -0.15) is 0 Å². The third-order valence-corrected chi connectivity index (χ3v) is 2.82. The molecule has 0 aromatic heterocycles. The highest BCUT2D eigenvalue weighted by Gasteiger charge is 2.10. The summed E-state index contributed by atoms with van der Waals surface area (Å²) in [4.78, 5) is 0. The van der Waals surface area contributed by atoms with Gasteiger partial charge < -0.3 is 0 Å². The van der Waals surface area contributed by atoms with Crippen LogP contribution in [-0.2, 0) is 11.0 Å². The molecule has 1 unspecified atom stereocenters. The fourth-order valence-electron chi connectivity index (χ4n) is 0.986. The molecule has 1 aliphatic heterocycles. The fraction of sp³-hybridized carbons (Fsp3) is 0.778. The second-order valence-corrected chi connectivity index (χ2v) is 3.98. The van der Waals surface area contributed by atoms with Crippen molar-refractivity contribution in [1.29, 1.82) is 0 Å². The van der Waals surface area contributed by atoms with Crippen LogP contribution in [0.4, 0.5) is 0 Å². The van der Waals surface area contributed by atoms with Crippen molar-refractivity contribution in [2.75, 3.05) is 19.3 Å². The van der Waals surface area contributed by atoms with E-state index in [1.165, 1.54) is 5.57 Å². The van der Waals surface area contributed by atoms with Crippen molar-refractivity contribution in [3.05, 3.63) is 11.6 Å². The van der Waals surface area contributed by atoms with Crippen LogP contribution in [0.5, 0.6) is 0 Å². The van der Waals surface area contributed by atoms with Crippen molar-refractivity contribution < 1.29 is 4.21 Å². The Morgan fingerprint density at radius 3 is 2.42 bits per heavy atom. The number of hydrogen-bond donors (Lipinski definition) is 0. The Balaban J connectivity index is 0.000000561. The van der Waals surface area contributed by atoms with E-state index >= 15 is 0 Å². The van der Waals surface area contributed by atoms with Crippen LogP contribution < -0.4 is 0 Å². The van der Waals surface area contributed by atoms with Gasteiger partial charge in [0.25, 0.3) is 0 Å². The molecule has 0 aromatic rings. The Morgan fingerprint density at radius 2 is 2.08 bits per heavy atom. The van der Waals surface area contributed by atoms with Crippen LogP contribution in [-0.4, -0.2) is 27.9 Å². The zero-order valence-electron chi connectivity index (χ0n) is 8.46. The highest BCUT2D eigenvalue weighted by molar-refractivity contribution is 7.81. The van der Waals surface area contributed by atoms with E-state index in [1.54, 1.807) is 6.26 Å². The summed E-state index contributed by atoms with van der Waals surface area (Å²) < 4.78 is 12.9. The molecule has 0 aliphatic carbocycles. The largest absolute Gasteiger partial charge is 0.243 e. The maximum absolute atomic E-state index is 10.9. The van der Waals surface area contributed by atoms with Crippen molar-refractivity contribution in [3.8, 4) is 0 Å². The predicted octanol–water partition coefficient (Wildman–Crippen LogP) is 1.96. The highest BCUT2D eigenvalue weighted by Crippen LogP contribution is 2.09. The minimum Gasteiger partial charge on any atom is -0.243 e. The molecule has 0 spiro atoms. The molecule has 0 amide bonds. The Hall–Kier alpha value is -0.150. The fourth-order valence-corrected chi connectivity index (χ4v) is 1.62. The third kappa shape index (κ3) is 4.02. The van der Waals surface area contributed by atoms with Crippen molar-refractivity contribution in [1.82, 2.24) is 4.31 Å². The van der Waals surface area contributed by atoms with Crippen molar-refractivity contribution in [2.45, 2.75) is 27.2 Å². The molecular formula is C9H19NOS. The second kappa shape index (κ2) is 6.38. The van der Waals surface area contributed by atoms with Crippen LogP contribution in [0.15, 0.2) is 11.6 Å². The summed E-state index contributed by atoms with van der Waals surface area (Å²) in [6, 6.07) is 0. The van der Waals surface area contributed by atoms with Gasteiger partial charge in [-0.05, 0) is 13.3 Å². The first-order valence-corrected chi connectivity index (χ1v) is 5.96. The predicted molar refractivity (Wildman–Crippen MR) is 55.4 cm³/mol. The van der Waals surface area contributed by atoms with Gasteiger partial charge in [-0.15, -0.1) is 0 Å².